The number of ether oxygens (including phenoxy) is 3. The molecule has 2 rings (SSSR count). The number of alkyl halides is 2. The molecule has 2 aliphatic rings. The standard InChI is InChI=1S/C13H21F2NO4/c14-11(15)9-18-6-3-12(17)16-10-1-4-13(5-2-10)19-7-8-20-13/h10-11H,1-9H2,(H,16,17). The Bertz CT molecular complexity index is 311. The number of amides is 1. The molecule has 1 N–H and O–H groups in total. The Morgan fingerprint density at radius 3 is 2.55 bits per heavy atom. The summed E-state index contributed by atoms with van der Waals surface area (Å²) < 4.78 is 39.6. The molecule has 0 radical (unpaired) electrons. The first-order valence-electron chi connectivity index (χ1n) is 7.03. The molecule has 0 unspecified atom stereocenters. The van der Waals surface area contributed by atoms with E-state index in [9.17, 15) is 13.6 Å². The highest BCUT2D eigenvalue weighted by Gasteiger charge is 2.40. The Morgan fingerprint density at radius 1 is 1.30 bits per heavy atom. The van der Waals surface area contributed by atoms with E-state index in [1.807, 2.05) is 0 Å². The molecule has 0 aromatic heterocycles. The van der Waals surface area contributed by atoms with Gasteiger partial charge in [-0.25, -0.2) is 8.78 Å². The first kappa shape index (κ1) is 15.6. The van der Waals surface area contributed by atoms with Crippen LogP contribution in [0.15, 0.2) is 0 Å². The van der Waals surface area contributed by atoms with Gasteiger partial charge in [-0.05, 0) is 12.8 Å². The number of nitrogens with one attached hydrogen (secondary N) is 1. The molecule has 0 bridgehead atoms. The number of halogens is 2. The van der Waals surface area contributed by atoms with Crippen molar-refractivity contribution in [3.8, 4) is 0 Å². The summed E-state index contributed by atoms with van der Waals surface area (Å²) in [6.45, 7) is 0.684. The van der Waals surface area contributed by atoms with E-state index in [1.165, 1.54) is 0 Å². The van der Waals surface area contributed by atoms with Crippen molar-refractivity contribution in [2.24, 2.45) is 0 Å². The Labute approximate surface area is 116 Å². The zero-order valence-corrected chi connectivity index (χ0v) is 11.4. The summed E-state index contributed by atoms with van der Waals surface area (Å²) in [5.41, 5.74) is 0. The Kier molecular flexibility index (Phi) is 5.68. The highest BCUT2D eigenvalue weighted by Crippen LogP contribution is 2.35. The highest BCUT2D eigenvalue weighted by atomic mass is 19.3. The summed E-state index contributed by atoms with van der Waals surface area (Å²) in [5, 5.41) is 2.90. The van der Waals surface area contributed by atoms with Crippen molar-refractivity contribution in [3.63, 3.8) is 0 Å². The van der Waals surface area contributed by atoms with E-state index in [0.717, 1.165) is 25.7 Å². The minimum absolute atomic E-state index is 0.0268. The van der Waals surface area contributed by atoms with Gasteiger partial charge in [-0.15, -0.1) is 0 Å². The van der Waals surface area contributed by atoms with Crippen LogP contribution in [0.4, 0.5) is 8.78 Å². The lowest BCUT2D eigenvalue weighted by atomic mass is 9.90. The van der Waals surface area contributed by atoms with Gasteiger partial charge in [0.2, 0.25) is 5.91 Å². The molecule has 5 nitrogen and oxygen atoms in total. The highest BCUT2D eigenvalue weighted by molar-refractivity contribution is 5.76. The second-order valence-electron chi connectivity index (χ2n) is 5.17. The van der Waals surface area contributed by atoms with E-state index < -0.39 is 18.8 Å². The van der Waals surface area contributed by atoms with E-state index in [0.29, 0.717) is 13.2 Å². The van der Waals surface area contributed by atoms with Gasteiger partial charge in [-0.2, -0.15) is 0 Å². The van der Waals surface area contributed by atoms with Crippen LogP contribution in [0.25, 0.3) is 0 Å². The third-order valence-corrected chi connectivity index (χ3v) is 3.64. The number of hydrogen-bond donors (Lipinski definition) is 1. The number of hydrogen-bond acceptors (Lipinski definition) is 4. The van der Waals surface area contributed by atoms with Crippen LogP contribution < -0.4 is 5.32 Å². The Hall–Kier alpha value is -0.790. The normalized spacial score (nSPS) is 22.6. The van der Waals surface area contributed by atoms with E-state index in [-0.39, 0.29) is 25.0 Å². The average molecular weight is 293 g/mol. The third-order valence-electron chi connectivity index (χ3n) is 3.64. The quantitative estimate of drug-likeness (QED) is 0.753. The van der Waals surface area contributed by atoms with Gasteiger partial charge in [-0.3, -0.25) is 4.79 Å². The molecule has 1 amide bonds. The van der Waals surface area contributed by atoms with Crippen LogP contribution in [0.5, 0.6) is 0 Å². The van der Waals surface area contributed by atoms with Gasteiger partial charge in [0.1, 0.15) is 6.61 Å². The largest absolute Gasteiger partial charge is 0.375 e. The van der Waals surface area contributed by atoms with E-state index in [2.05, 4.69) is 10.1 Å². The molecule has 1 aliphatic heterocycles. The minimum atomic E-state index is -2.49. The maximum absolute atomic E-state index is 11.8. The molecule has 1 saturated heterocycles. The van der Waals surface area contributed by atoms with Crippen molar-refractivity contribution < 1.29 is 27.8 Å². The molecule has 1 aliphatic carbocycles. The third kappa shape index (κ3) is 4.64. The fraction of sp³-hybridized carbons (Fsp3) is 0.923. The summed E-state index contributed by atoms with van der Waals surface area (Å²) in [6, 6.07) is 0.107. The molecule has 20 heavy (non-hydrogen) atoms. The van der Waals surface area contributed by atoms with Gasteiger partial charge in [-0.1, -0.05) is 0 Å². The number of carbonyl (C=O) groups excluding carboxylic acids is 1. The van der Waals surface area contributed by atoms with E-state index in [1.54, 1.807) is 0 Å². The maximum Gasteiger partial charge on any atom is 0.261 e. The van der Waals surface area contributed by atoms with Crippen LogP contribution in [0, 0.1) is 0 Å². The average Bonchev–Trinajstić information content (AvgIpc) is 2.86. The van der Waals surface area contributed by atoms with Crippen LogP contribution in [-0.4, -0.2) is 50.6 Å². The molecule has 1 spiro atoms. The second kappa shape index (κ2) is 7.28. The van der Waals surface area contributed by atoms with Crippen molar-refractivity contribution in [2.75, 3.05) is 26.4 Å². The Morgan fingerprint density at radius 2 is 1.95 bits per heavy atom. The van der Waals surface area contributed by atoms with Crippen molar-refractivity contribution in [3.05, 3.63) is 0 Å². The predicted molar refractivity (Wildman–Crippen MR) is 66.5 cm³/mol. The lowest BCUT2D eigenvalue weighted by molar-refractivity contribution is -0.180. The molecular formula is C13H21F2NO4. The predicted octanol–water partition coefficient (Wildman–Crippen LogP) is 1.46. The topological polar surface area (TPSA) is 56.8 Å². The molecule has 0 aromatic rings. The molecule has 2 fully saturated rings. The van der Waals surface area contributed by atoms with Gasteiger partial charge in [0.25, 0.3) is 6.43 Å². The molecule has 1 saturated carbocycles. The van der Waals surface area contributed by atoms with Gasteiger partial charge in [0.15, 0.2) is 5.79 Å². The summed E-state index contributed by atoms with van der Waals surface area (Å²) >= 11 is 0. The number of carbonyl (C=O) groups is 1. The van der Waals surface area contributed by atoms with Crippen LogP contribution in [0.2, 0.25) is 0 Å². The molecule has 7 heteroatoms. The lowest BCUT2D eigenvalue weighted by Gasteiger charge is -2.35. The number of rotatable bonds is 6. The zero-order valence-electron chi connectivity index (χ0n) is 11.4. The van der Waals surface area contributed by atoms with Crippen molar-refractivity contribution in [2.45, 2.75) is 50.4 Å². The zero-order chi connectivity index (χ0) is 14.4. The lowest BCUT2D eigenvalue weighted by Crippen LogP contribution is -2.44. The molecular weight excluding hydrogens is 272 g/mol. The maximum atomic E-state index is 11.8. The minimum Gasteiger partial charge on any atom is -0.375 e. The van der Waals surface area contributed by atoms with Crippen LogP contribution in [-0.2, 0) is 19.0 Å². The fourth-order valence-corrected chi connectivity index (χ4v) is 2.62. The van der Waals surface area contributed by atoms with Gasteiger partial charge >= 0.3 is 0 Å². The summed E-state index contributed by atoms with van der Waals surface area (Å²) in [7, 11) is 0. The molecule has 116 valence electrons. The monoisotopic (exact) mass is 293 g/mol. The smallest absolute Gasteiger partial charge is 0.261 e. The van der Waals surface area contributed by atoms with Gasteiger partial charge in [0, 0.05) is 25.3 Å². The van der Waals surface area contributed by atoms with Crippen molar-refractivity contribution in [1.82, 2.24) is 5.32 Å². The first-order valence-corrected chi connectivity index (χ1v) is 7.03. The summed E-state index contributed by atoms with van der Waals surface area (Å²) in [5.74, 6) is -0.588. The van der Waals surface area contributed by atoms with Crippen molar-refractivity contribution in [1.29, 1.82) is 0 Å². The van der Waals surface area contributed by atoms with Crippen molar-refractivity contribution >= 4 is 5.91 Å². The SMILES string of the molecule is O=C(CCOCC(F)F)NC1CCC2(CC1)OCCO2. The molecule has 1 heterocycles. The Balaban J connectivity index is 1.59. The van der Waals surface area contributed by atoms with Gasteiger partial charge in [0.05, 0.1) is 19.8 Å². The van der Waals surface area contributed by atoms with Crippen LogP contribution in [0.3, 0.4) is 0 Å². The second-order valence-corrected chi connectivity index (χ2v) is 5.17. The van der Waals surface area contributed by atoms with Gasteiger partial charge < -0.3 is 19.5 Å². The molecule has 0 aromatic carbocycles. The fourth-order valence-electron chi connectivity index (χ4n) is 2.62. The van der Waals surface area contributed by atoms with Crippen LogP contribution in [0.1, 0.15) is 32.1 Å². The van der Waals surface area contributed by atoms with E-state index in [4.69, 9.17) is 9.47 Å². The first-order chi connectivity index (χ1) is 9.60. The van der Waals surface area contributed by atoms with Crippen LogP contribution >= 0.6 is 0 Å². The summed E-state index contributed by atoms with van der Waals surface area (Å²) in [4.78, 5) is 11.6. The summed E-state index contributed by atoms with van der Waals surface area (Å²) in [6.07, 6.45) is 0.799. The van der Waals surface area contributed by atoms with E-state index >= 15 is 0 Å². The molecule has 0 atom stereocenters.